The molecule has 0 aliphatic rings. The molecule has 5 heteroatoms. The lowest BCUT2D eigenvalue weighted by molar-refractivity contribution is 0.232. The van der Waals surface area contributed by atoms with Gasteiger partial charge in [0.2, 0.25) is 11.8 Å². The number of rotatable bonds is 6. The van der Waals surface area contributed by atoms with Crippen molar-refractivity contribution in [3.8, 4) is 5.88 Å². The van der Waals surface area contributed by atoms with Crippen LogP contribution in [0.2, 0.25) is 0 Å². The zero-order valence-corrected chi connectivity index (χ0v) is 12.6. The van der Waals surface area contributed by atoms with E-state index in [-0.39, 0.29) is 12.7 Å². The Balaban J connectivity index is 2.03. The van der Waals surface area contributed by atoms with Crippen LogP contribution in [-0.2, 0) is 13.2 Å². The van der Waals surface area contributed by atoms with Crippen LogP contribution in [0.4, 0.5) is 5.95 Å². The molecule has 0 saturated heterocycles. The van der Waals surface area contributed by atoms with Gasteiger partial charge in [0.05, 0.1) is 12.7 Å². The topological polar surface area (TPSA) is 67.3 Å². The molecule has 2 N–H and O–H groups in total. The van der Waals surface area contributed by atoms with E-state index in [0.29, 0.717) is 18.4 Å². The first-order chi connectivity index (χ1) is 10.1. The highest BCUT2D eigenvalue weighted by atomic mass is 16.5. The summed E-state index contributed by atoms with van der Waals surface area (Å²) in [5.41, 5.74) is 2.86. The number of nitrogens with one attached hydrogen (secondary N) is 1. The average Bonchev–Trinajstić information content (AvgIpc) is 2.44. The first-order valence-corrected chi connectivity index (χ1v) is 7.01. The summed E-state index contributed by atoms with van der Waals surface area (Å²) in [6, 6.07) is 9.57. The lowest BCUT2D eigenvalue weighted by Gasteiger charge is -2.11. The highest BCUT2D eigenvalue weighted by Crippen LogP contribution is 2.14. The van der Waals surface area contributed by atoms with Crippen LogP contribution in [0, 0.1) is 6.92 Å². The number of aliphatic hydroxyl groups is 1. The van der Waals surface area contributed by atoms with E-state index in [9.17, 15) is 0 Å². The third-order valence-electron chi connectivity index (χ3n) is 2.84. The molecule has 21 heavy (non-hydrogen) atoms. The molecule has 1 heterocycles. The summed E-state index contributed by atoms with van der Waals surface area (Å²) < 4.78 is 5.60. The summed E-state index contributed by atoms with van der Waals surface area (Å²) in [5.74, 6) is 1.13. The van der Waals surface area contributed by atoms with Gasteiger partial charge in [0, 0.05) is 18.3 Å². The summed E-state index contributed by atoms with van der Waals surface area (Å²) in [6.07, 6.45) is 0.0816. The zero-order valence-electron chi connectivity index (χ0n) is 12.6. The Labute approximate surface area is 125 Å². The average molecular weight is 287 g/mol. The largest absolute Gasteiger partial charge is 0.475 e. The van der Waals surface area contributed by atoms with Crippen LogP contribution in [0.3, 0.4) is 0 Å². The standard InChI is InChI=1S/C16H21N3O2/c1-11(2)21-15-8-12(3)18-16(19-15)17-9-13-4-6-14(10-20)7-5-13/h4-8,11,20H,9-10H2,1-3H3,(H,17,18,19). The Hall–Kier alpha value is -2.14. The van der Waals surface area contributed by atoms with E-state index >= 15 is 0 Å². The minimum Gasteiger partial charge on any atom is -0.475 e. The second kappa shape index (κ2) is 7.04. The van der Waals surface area contributed by atoms with Crippen LogP contribution < -0.4 is 10.1 Å². The van der Waals surface area contributed by atoms with E-state index in [1.807, 2.05) is 51.1 Å². The number of benzene rings is 1. The highest BCUT2D eigenvalue weighted by Gasteiger charge is 2.05. The zero-order chi connectivity index (χ0) is 15.2. The van der Waals surface area contributed by atoms with Gasteiger partial charge in [-0.1, -0.05) is 24.3 Å². The normalized spacial score (nSPS) is 10.7. The van der Waals surface area contributed by atoms with Gasteiger partial charge < -0.3 is 15.2 Å². The molecule has 0 atom stereocenters. The number of aliphatic hydroxyl groups excluding tert-OH is 1. The van der Waals surface area contributed by atoms with Gasteiger partial charge in [0.15, 0.2) is 0 Å². The molecule has 2 aromatic rings. The van der Waals surface area contributed by atoms with Crippen molar-refractivity contribution in [3.63, 3.8) is 0 Å². The number of anilines is 1. The fraction of sp³-hybridized carbons (Fsp3) is 0.375. The number of aromatic nitrogens is 2. The Morgan fingerprint density at radius 2 is 1.81 bits per heavy atom. The predicted molar refractivity (Wildman–Crippen MR) is 82.2 cm³/mol. The molecule has 0 bridgehead atoms. The number of ether oxygens (including phenoxy) is 1. The predicted octanol–water partition coefficient (Wildman–Crippen LogP) is 2.68. The second-order valence-corrected chi connectivity index (χ2v) is 5.17. The number of hydrogen-bond donors (Lipinski definition) is 2. The maximum absolute atomic E-state index is 9.02. The van der Waals surface area contributed by atoms with Crippen molar-refractivity contribution < 1.29 is 9.84 Å². The summed E-state index contributed by atoms with van der Waals surface area (Å²) in [7, 11) is 0. The molecule has 0 fully saturated rings. The minimum absolute atomic E-state index is 0.0601. The van der Waals surface area contributed by atoms with Crippen molar-refractivity contribution >= 4 is 5.95 Å². The molecule has 5 nitrogen and oxygen atoms in total. The fourth-order valence-electron chi connectivity index (χ4n) is 1.86. The second-order valence-electron chi connectivity index (χ2n) is 5.17. The van der Waals surface area contributed by atoms with Crippen molar-refractivity contribution in [1.29, 1.82) is 0 Å². The third-order valence-corrected chi connectivity index (χ3v) is 2.84. The Bertz CT molecular complexity index is 583. The number of nitrogens with zero attached hydrogens (tertiary/aromatic N) is 2. The molecule has 0 amide bonds. The van der Waals surface area contributed by atoms with Crippen molar-refractivity contribution in [2.45, 2.75) is 40.0 Å². The van der Waals surface area contributed by atoms with Crippen LogP contribution in [0.15, 0.2) is 30.3 Å². The summed E-state index contributed by atoms with van der Waals surface area (Å²) in [6.45, 7) is 6.53. The van der Waals surface area contributed by atoms with E-state index < -0.39 is 0 Å². The Morgan fingerprint density at radius 1 is 1.14 bits per heavy atom. The van der Waals surface area contributed by atoms with Gasteiger partial charge in [-0.3, -0.25) is 0 Å². The molecule has 0 saturated carbocycles. The smallest absolute Gasteiger partial charge is 0.226 e. The molecule has 112 valence electrons. The SMILES string of the molecule is Cc1cc(OC(C)C)nc(NCc2ccc(CO)cc2)n1. The van der Waals surface area contributed by atoms with Gasteiger partial charge in [-0.2, -0.15) is 4.98 Å². The van der Waals surface area contributed by atoms with Gasteiger partial charge in [-0.15, -0.1) is 0 Å². The highest BCUT2D eigenvalue weighted by molar-refractivity contribution is 5.33. The lowest BCUT2D eigenvalue weighted by Crippen LogP contribution is -2.10. The molecular formula is C16H21N3O2. The van der Waals surface area contributed by atoms with Crippen molar-refractivity contribution in [2.24, 2.45) is 0 Å². The Kier molecular flexibility index (Phi) is 5.11. The van der Waals surface area contributed by atoms with Crippen LogP contribution in [0.5, 0.6) is 5.88 Å². The maximum Gasteiger partial charge on any atom is 0.226 e. The van der Waals surface area contributed by atoms with E-state index in [1.165, 1.54) is 0 Å². The van der Waals surface area contributed by atoms with Gasteiger partial charge >= 0.3 is 0 Å². The molecule has 0 aliphatic heterocycles. The van der Waals surface area contributed by atoms with Crippen molar-refractivity contribution in [3.05, 3.63) is 47.2 Å². The number of hydrogen-bond acceptors (Lipinski definition) is 5. The quantitative estimate of drug-likeness (QED) is 0.855. The molecule has 2 rings (SSSR count). The van der Waals surface area contributed by atoms with Crippen LogP contribution in [-0.4, -0.2) is 21.2 Å². The summed E-state index contributed by atoms with van der Waals surface area (Å²) in [5, 5.41) is 12.2. The molecule has 0 radical (unpaired) electrons. The van der Waals surface area contributed by atoms with Gasteiger partial charge in [0.1, 0.15) is 0 Å². The first-order valence-electron chi connectivity index (χ1n) is 7.01. The molecule has 1 aromatic carbocycles. The van der Waals surface area contributed by atoms with Crippen molar-refractivity contribution in [2.75, 3.05) is 5.32 Å². The molecule has 1 aromatic heterocycles. The minimum atomic E-state index is 0.0601. The van der Waals surface area contributed by atoms with Gasteiger partial charge in [-0.25, -0.2) is 4.98 Å². The maximum atomic E-state index is 9.02. The van der Waals surface area contributed by atoms with Crippen LogP contribution in [0.25, 0.3) is 0 Å². The van der Waals surface area contributed by atoms with Crippen LogP contribution >= 0.6 is 0 Å². The number of aryl methyl sites for hydroxylation is 1. The molecule has 0 unspecified atom stereocenters. The first kappa shape index (κ1) is 15.3. The summed E-state index contributed by atoms with van der Waals surface area (Å²) >= 11 is 0. The van der Waals surface area contributed by atoms with Crippen molar-refractivity contribution in [1.82, 2.24) is 9.97 Å². The van der Waals surface area contributed by atoms with E-state index in [4.69, 9.17) is 9.84 Å². The fourth-order valence-corrected chi connectivity index (χ4v) is 1.86. The third kappa shape index (κ3) is 4.72. The monoisotopic (exact) mass is 287 g/mol. The van der Waals surface area contributed by atoms with E-state index in [2.05, 4.69) is 15.3 Å². The van der Waals surface area contributed by atoms with Gasteiger partial charge in [0.25, 0.3) is 0 Å². The van der Waals surface area contributed by atoms with E-state index in [1.54, 1.807) is 0 Å². The van der Waals surface area contributed by atoms with E-state index in [0.717, 1.165) is 16.8 Å². The summed E-state index contributed by atoms with van der Waals surface area (Å²) in [4.78, 5) is 8.69. The lowest BCUT2D eigenvalue weighted by atomic mass is 10.1. The van der Waals surface area contributed by atoms with Gasteiger partial charge in [-0.05, 0) is 31.9 Å². The molecular weight excluding hydrogens is 266 g/mol. The Morgan fingerprint density at radius 3 is 2.43 bits per heavy atom. The molecule has 0 spiro atoms. The molecule has 0 aliphatic carbocycles. The van der Waals surface area contributed by atoms with Crippen LogP contribution in [0.1, 0.15) is 30.7 Å².